The first-order chi connectivity index (χ1) is 13.9. The molecule has 0 unspecified atom stereocenters. The molecule has 2 aliphatic rings. The van der Waals surface area contributed by atoms with Crippen LogP contribution in [0.4, 0.5) is 0 Å². The van der Waals surface area contributed by atoms with Crippen molar-refractivity contribution in [2.24, 2.45) is 0 Å². The zero-order valence-corrected chi connectivity index (χ0v) is 19.2. The molecule has 1 saturated heterocycles. The molecule has 4 rings (SSSR count). The van der Waals surface area contributed by atoms with Gasteiger partial charge in [-0.15, -0.1) is 0 Å². The predicted octanol–water partition coefficient (Wildman–Crippen LogP) is 3.89. The predicted molar refractivity (Wildman–Crippen MR) is 119 cm³/mol. The van der Waals surface area contributed by atoms with Crippen LogP contribution in [0, 0.1) is 0 Å². The SMILES string of the molecule is O=C(CSc1ncc(-c2ccc(Br)cc2)[nH]1)N(C1CCCC1)[C@@H]1CCS(=O)(=O)C1. The van der Waals surface area contributed by atoms with Gasteiger partial charge in [-0.2, -0.15) is 0 Å². The Hall–Kier alpha value is -1.32. The first-order valence-electron chi connectivity index (χ1n) is 9.86. The van der Waals surface area contributed by atoms with Crippen molar-refractivity contribution < 1.29 is 13.2 Å². The van der Waals surface area contributed by atoms with E-state index in [2.05, 4.69) is 25.9 Å². The number of carbonyl (C=O) groups excluding carboxylic acids is 1. The Kier molecular flexibility index (Phi) is 6.36. The first kappa shape index (κ1) is 20.9. The van der Waals surface area contributed by atoms with E-state index in [0.717, 1.165) is 41.4 Å². The summed E-state index contributed by atoms with van der Waals surface area (Å²) in [4.78, 5) is 22.6. The fourth-order valence-electron chi connectivity index (χ4n) is 4.24. The van der Waals surface area contributed by atoms with Crippen molar-refractivity contribution in [3.8, 4) is 11.3 Å². The van der Waals surface area contributed by atoms with Crippen molar-refractivity contribution in [3.05, 3.63) is 34.9 Å². The lowest BCUT2D eigenvalue weighted by molar-refractivity contribution is -0.132. The number of aromatic amines is 1. The van der Waals surface area contributed by atoms with E-state index in [1.54, 1.807) is 6.20 Å². The van der Waals surface area contributed by atoms with Crippen molar-refractivity contribution in [1.29, 1.82) is 0 Å². The molecule has 0 radical (unpaired) electrons. The molecule has 1 aliphatic carbocycles. The van der Waals surface area contributed by atoms with Crippen molar-refractivity contribution in [1.82, 2.24) is 14.9 Å². The molecule has 29 heavy (non-hydrogen) atoms. The molecule has 6 nitrogen and oxygen atoms in total. The topological polar surface area (TPSA) is 83.1 Å². The number of nitrogens with one attached hydrogen (secondary N) is 1. The number of nitrogens with zero attached hydrogens (tertiary/aromatic N) is 2. The van der Waals surface area contributed by atoms with E-state index < -0.39 is 9.84 Å². The molecule has 1 atom stereocenters. The maximum absolute atomic E-state index is 13.1. The highest BCUT2D eigenvalue weighted by molar-refractivity contribution is 9.10. The van der Waals surface area contributed by atoms with Crippen LogP contribution in [0.25, 0.3) is 11.3 Å². The van der Waals surface area contributed by atoms with Crippen molar-refractivity contribution in [2.75, 3.05) is 17.3 Å². The molecule has 1 aromatic heterocycles. The van der Waals surface area contributed by atoms with Crippen LogP contribution >= 0.6 is 27.7 Å². The van der Waals surface area contributed by atoms with Gasteiger partial charge in [-0.25, -0.2) is 13.4 Å². The fourth-order valence-corrected chi connectivity index (χ4v) is 6.93. The minimum Gasteiger partial charge on any atom is -0.335 e. The van der Waals surface area contributed by atoms with Crippen LogP contribution in [-0.2, 0) is 14.6 Å². The Morgan fingerprint density at radius 1 is 1.17 bits per heavy atom. The van der Waals surface area contributed by atoms with Crippen LogP contribution in [0.5, 0.6) is 0 Å². The van der Waals surface area contributed by atoms with Gasteiger partial charge in [0.2, 0.25) is 5.91 Å². The number of thioether (sulfide) groups is 1. The van der Waals surface area contributed by atoms with Crippen molar-refractivity contribution in [3.63, 3.8) is 0 Å². The molecule has 2 fully saturated rings. The molecule has 0 bridgehead atoms. The highest BCUT2D eigenvalue weighted by atomic mass is 79.9. The second-order valence-electron chi connectivity index (χ2n) is 7.69. The van der Waals surface area contributed by atoms with E-state index in [-0.39, 0.29) is 35.2 Å². The number of aromatic nitrogens is 2. The maximum atomic E-state index is 13.1. The monoisotopic (exact) mass is 497 g/mol. The molecular weight excluding hydrogens is 474 g/mol. The number of H-pyrrole nitrogens is 1. The molecule has 156 valence electrons. The second kappa shape index (κ2) is 8.81. The van der Waals surface area contributed by atoms with Gasteiger partial charge in [0, 0.05) is 16.6 Å². The number of carbonyl (C=O) groups is 1. The van der Waals surface area contributed by atoms with Crippen LogP contribution in [-0.4, -0.2) is 58.5 Å². The Balaban J connectivity index is 1.42. The van der Waals surface area contributed by atoms with Gasteiger partial charge in [0.15, 0.2) is 15.0 Å². The standard InChI is InChI=1S/C20H24BrN3O3S2/c21-15-7-5-14(6-8-15)18-11-22-20(23-18)28-12-19(25)24(16-3-1-2-4-16)17-9-10-29(26,27)13-17/h5-8,11,16-17H,1-4,9-10,12-13H2,(H,22,23)/t17-/m1/s1. The Bertz CT molecular complexity index is 969. The van der Waals surface area contributed by atoms with Crippen LogP contribution < -0.4 is 0 Å². The molecule has 0 spiro atoms. The number of amides is 1. The summed E-state index contributed by atoms with van der Waals surface area (Å²) in [5.74, 6) is 0.579. The lowest BCUT2D eigenvalue weighted by Gasteiger charge is -2.34. The fraction of sp³-hybridized carbons (Fsp3) is 0.500. The molecular formula is C20H24BrN3O3S2. The highest BCUT2D eigenvalue weighted by Gasteiger charge is 2.38. The third-order valence-electron chi connectivity index (χ3n) is 5.65. The van der Waals surface area contributed by atoms with Gasteiger partial charge in [0.25, 0.3) is 0 Å². The van der Waals surface area contributed by atoms with Crippen LogP contribution in [0.3, 0.4) is 0 Å². The molecule has 2 heterocycles. The molecule has 1 saturated carbocycles. The van der Waals surface area contributed by atoms with Crippen LogP contribution in [0.1, 0.15) is 32.1 Å². The second-order valence-corrected chi connectivity index (χ2v) is 11.8. The van der Waals surface area contributed by atoms with Gasteiger partial charge in [0.1, 0.15) is 0 Å². The number of rotatable bonds is 6. The zero-order valence-electron chi connectivity index (χ0n) is 16.0. The van der Waals surface area contributed by atoms with E-state index in [0.29, 0.717) is 11.6 Å². The lowest BCUT2D eigenvalue weighted by atomic mass is 10.1. The van der Waals surface area contributed by atoms with Gasteiger partial charge in [-0.1, -0.05) is 52.7 Å². The van der Waals surface area contributed by atoms with E-state index >= 15 is 0 Å². The molecule has 1 aliphatic heterocycles. The smallest absolute Gasteiger partial charge is 0.233 e. The zero-order chi connectivity index (χ0) is 20.4. The Labute approximate surface area is 183 Å². The van der Waals surface area contributed by atoms with Crippen LogP contribution in [0.2, 0.25) is 0 Å². The molecule has 1 amide bonds. The largest absolute Gasteiger partial charge is 0.335 e. The van der Waals surface area contributed by atoms with E-state index in [9.17, 15) is 13.2 Å². The summed E-state index contributed by atoms with van der Waals surface area (Å²) in [5, 5.41) is 0.696. The number of sulfone groups is 1. The number of hydrogen-bond acceptors (Lipinski definition) is 5. The molecule has 2 aromatic rings. The first-order valence-corrected chi connectivity index (χ1v) is 13.5. The van der Waals surface area contributed by atoms with Crippen molar-refractivity contribution >= 4 is 43.4 Å². The summed E-state index contributed by atoms with van der Waals surface area (Å²) in [6.45, 7) is 0. The summed E-state index contributed by atoms with van der Waals surface area (Å²) in [6, 6.07) is 7.95. The molecule has 9 heteroatoms. The summed E-state index contributed by atoms with van der Waals surface area (Å²) < 4.78 is 24.9. The van der Waals surface area contributed by atoms with Crippen LogP contribution in [0.15, 0.2) is 40.1 Å². The number of hydrogen-bond donors (Lipinski definition) is 1. The maximum Gasteiger partial charge on any atom is 0.233 e. The van der Waals surface area contributed by atoms with Gasteiger partial charge in [0.05, 0.1) is 29.1 Å². The third kappa shape index (κ3) is 5.06. The van der Waals surface area contributed by atoms with Gasteiger partial charge < -0.3 is 9.88 Å². The summed E-state index contributed by atoms with van der Waals surface area (Å²) in [6.07, 6.45) is 6.49. The van der Waals surface area contributed by atoms with Crippen molar-refractivity contribution in [2.45, 2.75) is 49.3 Å². The molecule has 1 N–H and O–H groups in total. The molecule has 1 aromatic carbocycles. The Morgan fingerprint density at radius 3 is 2.55 bits per heavy atom. The average Bonchev–Trinajstić information content (AvgIpc) is 3.43. The van der Waals surface area contributed by atoms with Gasteiger partial charge in [-0.3, -0.25) is 4.79 Å². The summed E-state index contributed by atoms with van der Waals surface area (Å²) >= 11 is 4.81. The minimum absolute atomic E-state index is 0.0191. The average molecular weight is 498 g/mol. The number of imidazole rings is 1. The summed E-state index contributed by atoms with van der Waals surface area (Å²) in [5.41, 5.74) is 1.93. The van der Waals surface area contributed by atoms with E-state index in [1.807, 2.05) is 29.2 Å². The quantitative estimate of drug-likeness (QED) is 0.612. The minimum atomic E-state index is -3.02. The van der Waals surface area contributed by atoms with E-state index in [4.69, 9.17) is 0 Å². The van der Waals surface area contributed by atoms with E-state index in [1.165, 1.54) is 11.8 Å². The number of halogens is 1. The number of benzene rings is 1. The summed E-state index contributed by atoms with van der Waals surface area (Å²) in [7, 11) is -3.02. The van der Waals surface area contributed by atoms with Gasteiger partial charge >= 0.3 is 0 Å². The third-order valence-corrected chi connectivity index (χ3v) is 8.80. The lowest BCUT2D eigenvalue weighted by Crippen LogP contribution is -2.47. The van der Waals surface area contributed by atoms with Gasteiger partial charge in [-0.05, 0) is 37.0 Å². The Morgan fingerprint density at radius 2 is 1.90 bits per heavy atom. The highest BCUT2D eigenvalue weighted by Crippen LogP contribution is 2.30. The normalized spacial score (nSPS) is 21.5.